The first-order valence-electron chi connectivity index (χ1n) is 7.45. The van der Waals surface area contributed by atoms with E-state index in [4.69, 9.17) is 0 Å². The molecule has 2 rings (SSSR count). The topological polar surface area (TPSA) is 0 Å². The molecule has 0 fully saturated rings. The van der Waals surface area contributed by atoms with Gasteiger partial charge in [0.25, 0.3) is 0 Å². The molecule has 96 valence electrons. The molecule has 0 saturated carbocycles. The van der Waals surface area contributed by atoms with E-state index in [0.29, 0.717) is 0 Å². The van der Waals surface area contributed by atoms with Crippen LogP contribution in [0.2, 0.25) is 0 Å². The largest absolute Gasteiger partial charge is 0.0811 e. The van der Waals surface area contributed by atoms with Crippen molar-refractivity contribution in [1.29, 1.82) is 0 Å². The Morgan fingerprint density at radius 3 is 2.65 bits per heavy atom. The van der Waals surface area contributed by atoms with Gasteiger partial charge in [-0.05, 0) is 48.0 Å². The van der Waals surface area contributed by atoms with E-state index in [-0.39, 0.29) is 0 Å². The van der Waals surface area contributed by atoms with Crippen molar-refractivity contribution in [1.82, 2.24) is 0 Å². The second kappa shape index (κ2) is 5.00. The van der Waals surface area contributed by atoms with Gasteiger partial charge in [0.1, 0.15) is 0 Å². The second-order valence-electron chi connectivity index (χ2n) is 6.51. The van der Waals surface area contributed by atoms with Crippen LogP contribution in [0, 0.1) is 29.6 Å². The lowest BCUT2D eigenvalue weighted by molar-refractivity contribution is 0.255. The van der Waals surface area contributed by atoms with E-state index in [1.807, 2.05) is 0 Å². The molecule has 0 aliphatic heterocycles. The Hall–Kier alpha value is -0.520. The van der Waals surface area contributed by atoms with Gasteiger partial charge in [-0.3, -0.25) is 0 Å². The summed E-state index contributed by atoms with van der Waals surface area (Å²) in [6, 6.07) is 0. The first-order chi connectivity index (χ1) is 8.04. The highest BCUT2D eigenvalue weighted by Gasteiger charge is 2.34. The smallest absolute Gasteiger partial charge is 0.0134 e. The average Bonchev–Trinajstić information content (AvgIpc) is 2.33. The molecule has 0 amide bonds. The summed E-state index contributed by atoms with van der Waals surface area (Å²) in [6.07, 6.45) is 8.91. The van der Waals surface area contributed by atoms with Gasteiger partial charge >= 0.3 is 0 Å². The minimum Gasteiger partial charge on any atom is -0.0811 e. The van der Waals surface area contributed by atoms with Crippen LogP contribution in [-0.2, 0) is 0 Å². The maximum atomic E-state index is 2.46. The average molecular weight is 232 g/mol. The summed E-state index contributed by atoms with van der Waals surface area (Å²) >= 11 is 0. The van der Waals surface area contributed by atoms with Crippen LogP contribution < -0.4 is 0 Å². The first-order valence-corrected chi connectivity index (χ1v) is 7.45. The van der Waals surface area contributed by atoms with E-state index in [1.54, 1.807) is 11.1 Å². The monoisotopic (exact) mass is 232 g/mol. The summed E-state index contributed by atoms with van der Waals surface area (Å²) in [6.45, 7) is 12.0. The molecule has 0 heteroatoms. The summed E-state index contributed by atoms with van der Waals surface area (Å²) in [5.41, 5.74) is 3.49. The van der Waals surface area contributed by atoms with Gasteiger partial charge < -0.3 is 0 Å². The molecule has 0 bridgehead atoms. The van der Waals surface area contributed by atoms with Gasteiger partial charge in [0.2, 0.25) is 0 Å². The lowest BCUT2D eigenvalue weighted by atomic mass is 9.64. The fourth-order valence-electron chi connectivity index (χ4n) is 3.62. The standard InChI is InChI=1S/C17H28/c1-6-12(3)16-10-13(4)14(5)17-9-11(2)7-8-15(16)17/h7-8,11-14,16H,6,9-10H2,1-5H3. The zero-order valence-electron chi connectivity index (χ0n) is 12.2. The number of allylic oxidation sites excluding steroid dienone is 4. The highest BCUT2D eigenvalue weighted by molar-refractivity contribution is 5.36. The van der Waals surface area contributed by atoms with Gasteiger partial charge in [-0.25, -0.2) is 0 Å². The SMILES string of the molecule is CCC(C)C1CC(C)C(C)C2=C1C=CC(C)C2. The van der Waals surface area contributed by atoms with Crippen molar-refractivity contribution in [3.05, 3.63) is 23.3 Å². The van der Waals surface area contributed by atoms with E-state index in [9.17, 15) is 0 Å². The van der Waals surface area contributed by atoms with Gasteiger partial charge in [-0.15, -0.1) is 0 Å². The van der Waals surface area contributed by atoms with Gasteiger partial charge in [-0.1, -0.05) is 58.8 Å². The summed E-state index contributed by atoms with van der Waals surface area (Å²) < 4.78 is 0. The lowest BCUT2D eigenvalue weighted by Crippen LogP contribution is -2.29. The van der Waals surface area contributed by atoms with Crippen LogP contribution in [0.5, 0.6) is 0 Å². The molecule has 5 atom stereocenters. The van der Waals surface area contributed by atoms with Gasteiger partial charge in [-0.2, -0.15) is 0 Å². The molecule has 0 aromatic rings. The van der Waals surface area contributed by atoms with Crippen LogP contribution in [0.15, 0.2) is 23.3 Å². The third kappa shape index (κ3) is 2.37. The molecule has 2 aliphatic carbocycles. The van der Waals surface area contributed by atoms with E-state index in [2.05, 4.69) is 46.8 Å². The predicted molar refractivity (Wildman–Crippen MR) is 75.8 cm³/mol. The molecular formula is C17H28. The van der Waals surface area contributed by atoms with Crippen molar-refractivity contribution in [3.8, 4) is 0 Å². The van der Waals surface area contributed by atoms with Crippen molar-refractivity contribution in [2.24, 2.45) is 29.6 Å². The molecule has 0 saturated heterocycles. The van der Waals surface area contributed by atoms with E-state index in [1.165, 1.54) is 19.3 Å². The molecule has 0 nitrogen and oxygen atoms in total. The van der Waals surface area contributed by atoms with E-state index >= 15 is 0 Å². The van der Waals surface area contributed by atoms with Crippen LogP contribution in [0.4, 0.5) is 0 Å². The zero-order chi connectivity index (χ0) is 12.6. The third-order valence-electron chi connectivity index (χ3n) is 5.28. The normalized spacial score (nSPS) is 39.1. The van der Waals surface area contributed by atoms with E-state index < -0.39 is 0 Å². The van der Waals surface area contributed by atoms with Gasteiger partial charge in [0.05, 0.1) is 0 Å². The summed E-state index contributed by atoms with van der Waals surface area (Å²) in [5, 5.41) is 0. The Morgan fingerprint density at radius 1 is 1.29 bits per heavy atom. The summed E-state index contributed by atoms with van der Waals surface area (Å²) in [7, 11) is 0. The maximum Gasteiger partial charge on any atom is -0.0134 e. The molecular weight excluding hydrogens is 204 g/mol. The van der Waals surface area contributed by atoms with E-state index in [0.717, 1.165) is 29.6 Å². The number of hydrogen-bond donors (Lipinski definition) is 0. The Kier molecular flexibility index (Phi) is 3.80. The number of hydrogen-bond acceptors (Lipinski definition) is 0. The van der Waals surface area contributed by atoms with Crippen molar-refractivity contribution < 1.29 is 0 Å². The Bertz CT molecular complexity index is 334. The van der Waals surface area contributed by atoms with Crippen molar-refractivity contribution >= 4 is 0 Å². The highest BCUT2D eigenvalue weighted by atomic mass is 14.4. The minimum absolute atomic E-state index is 0.749. The van der Waals surface area contributed by atoms with Crippen LogP contribution >= 0.6 is 0 Å². The minimum atomic E-state index is 0.749. The third-order valence-corrected chi connectivity index (χ3v) is 5.28. The molecule has 2 aliphatic rings. The lowest BCUT2D eigenvalue weighted by Gasteiger charge is -2.41. The Balaban J connectivity index is 2.34. The van der Waals surface area contributed by atoms with Gasteiger partial charge in [0.15, 0.2) is 0 Å². The van der Waals surface area contributed by atoms with Crippen LogP contribution in [0.3, 0.4) is 0 Å². The molecule has 0 N–H and O–H groups in total. The zero-order valence-corrected chi connectivity index (χ0v) is 12.2. The Labute approximate surface area is 107 Å². The van der Waals surface area contributed by atoms with Crippen molar-refractivity contribution in [2.45, 2.75) is 53.9 Å². The fourth-order valence-corrected chi connectivity index (χ4v) is 3.62. The summed E-state index contributed by atoms with van der Waals surface area (Å²) in [5.74, 6) is 4.08. The van der Waals surface area contributed by atoms with Crippen LogP contribution in [0.1, 0.15) is 53.9 Å². The van der Waals surface area contributed by atoms with Crippen molar-refractivity contribution in [3.63, 3.8) is 0 Å². The van der Waals surface area contributed by atoms with Gasteiger partial charge in [0, 0.05) is 0 Å². The molecule has 0 heterocycles. The van der Waals surface area contributed by atoms with Crippen LogP contribution in [-0.4, -0.2) is 0 Å². The molecule has 0 radical (unpaired) electrons. The molecule has 0 aromatic carbocycles. The summed E-state index contributed by atoms with van der Waals surface area (Å²) in [4.78, 5) is 0. The highest BCUT2D eigenvalue weighted by Crippen LogP contribution is 2.46. The molecule has 17 heavy (non-hydrogen) atoms. The first kappa shape index (κ1) is 12.9. The number of rotatable bonds is 2. The van der Waals surface area contributed by atoms with Crippen LogP contribution in [0.25, 0.3) is 0 Å². The fraction of sp³-hybridized carbons (Fsp3) is 0.765. The quantitative estimate of drug-likeness (QED) is 0.612. The Morgan fingerprint density at radius 2 is 2.00 bits per heavy atom. The predicted octanol–water partition coefficient (Wildman–Crippen LogP) is 5.22. The van der Waals surface area contributed by atoms with Crippen molar-refractivity contribution in [2.75, 3.05) is 0 Å². The maximum absolute atomic E-state index is 2.46. The molecule has 0 aromatic heterocycles. The second-order valence-corrected chi connectivity index (χ2v) is 6.51. The molecule has 0 spiro atoms. The molecule has 5 unspecified atom stereocenters.